The number of nitrogens with one attached hydrogen (secondary N) is 1. The monoisotopic (exact) mass is 315 g/mol. The van der Waals surface area contributed by atoms with Gasteiger partial charge in [-0.15, -0.1) is 0 Å². The van der Waals surface area contributed by atoms with Crippen LogP contribution in [0.4, 0.5) is 0 Å². The molecular weight excluding hydrogens is 294 g/mol. The van der Waals surface area contributed by atoms with Crippen molar-refractivity contribution in [2.75, 3.05) is 19.8 Å². The summed E-state index contributed by atoms with van der Waals surface area (Å²) in [7, 11) is 0. The van der Waals surface area contributed by atoms with Crippen LogP contribution in [0.2, 0.25) is 0 Å². The molecule has 3 nitrogen and oxygen atoms in total. The van der Waals surface area contributed by atoms with Gasteiger partial charge in [-0.25, -0.2) is 0 Å². The van der Waals surface area contributed by atoms with Gasteiger partial charge in [-0.3, -0.25) is 0 Å². The fourth-order valence-corrected chi connectivity index (χ4v) is 2.03. The normalized spacial score (nSPS) is 14.3. The molecule has 2 N–H and O–H groups in total. The number of aliphatic hydroxyl groups is 1. The van der Waals surface area contributed by atoms with E-state index in [1.165, 1.54) is 0 Å². The van der Waals surface area contributed by atoms with Crippen LogP contribution in [-0.2, 0) is 0 Å². The van der Waals surface area contributed by atoms with E-state index < -0.39 is 0 Å². The zero-order valence-electron chi connectivity index (χ0n) is 11.2. The van der Waals surface area contributed by atoms with Gasteiger partial charge in [-0.2, -0.15) is 0 Å². The molecule has 0 saturated heterocycles. The van der Waals surface area contributed by atoms with Gasteiger partial charge in [0, 0.05) is 28.6 Å². The van der Waals surface area contributed by atoms with Crippen LogP contribution < -0.4 is 10.1 Å². The first kappa shape index (κ1) is 15.5. The van der Waals surface area contributed by atoms with Gasteiger partial charge in [0.25, 0.3) is 0 Å². The fourth-order valence-electron chi connectivity index (χ4n) is 1.69. The number of ether oxygens (including phenoxy) is 1. The van der Waals surface area contributed by atoms with Gasteiger partial charge in [0.1, 0.15) is 5.75 Å². The van der Waals surface area contributed by atoms with Crippen LogP contribution in [0, 0.1) is 5.92 Å². The highest BCUT2D eigenvalue weighted by atomic mass is 79.9. The summed E-state index contributed by atoms with van der Waals surface area (Å²) >= 11 is 3.46. The number of rotatable bonds is 7. The van der Waals surface area contributed by atoms with Crippen LogP contribution in [0.5, 0.6) is 5.75 Å². The third-order valence-electron chi connectivity index (χ3n) is 2.79. The van der Waals surface area contributed by atoms with E-state index in [0.717, 1.165) is 22.3 Å². The van der Waals surface area contributed by atoms with E-state index in [4.69, 9.17) is 9.84 Å². The van der Waals surface area contributed by atoms with Crippen molar-refractivity contribution in [3.05, 3.63) is 28.2 Å². The number of halogens is 1. The first-order valence-corrected chi connectivity index (χ1v) is 7.14. The average molecular weight is 316 g/mol. The Labute approximate surface area is 118 Å². The van der Waals surface area contributed by atoms with Crippen molar-refractivity contribution in [2.45, 2.75) is 26.8 Å². The lowest BCUT2D eigenvalue weighted by Crippen LogP contribution is -2.19. The number of hydrogen-bond acceptors (Lipinski definition) is 3. The molecule has 0 aliphatic carbocycles. The molecule has 0 bridgehead atoms. The van der Waals surface area contributed by atoms with Crippen molar-refractivity contribution in [1.29, 1.82) is 0 Å². The van der Waals surface area contributed by atoms with Gasteiger partial charge in [-0.1, -0.05) is 35.8 Å². The summed E-state index contributed by atoms with van der Waals surface area (Å²) in [6.45, 7) is 7.76. The predicted molar refractivity (Wildman–Crippen MR) is 78.0 cm³/mol. The Bertz CT molecular complexity index is 371. The van der Waals surface area contributed by atoms with Crippen LogP contribution in [0.15, 0.2) is 22.7 Å². The molecule has 0 radical (unpaired) electrons. The molecule has 0 aromatic heterocycles. The maximum absolute atomic E-state index is 9.03. The second kappa shape index (κ2) is 7.77. The molecule has 1 aromatic rings. The number of benzene rings is 1. The lowest BCUT2D eigenvalue weighted by Gasteiger charge is -2.19. The minimum atomic E-state index is 0.145. The van der Waals surface area contributed by atoms with E-state index in [9.17, 15) is 0 Å². The highest BCUT2D eigenvalue weighted by Crippen LogP contribution is 2.29. The van der Waals surface area contributed by atoms with Crippen LogP contribution in [-0.4, -0.2) is 24.9 Å². The smallest absolute Gasteiger partial charge is 0.125 e. The molecule has 18 heavy (non-hydrogen) atoms. The van der Waals surface area contributed by atoms with Crippen molar-refractivity contribution in [3.63, 3.8) is 0 Å². The zero-order chi connectivity index (χ0) is 13.5. The molecule has 2 atom stereocenters. The molecule has 0 aliphatic heterocycles. The predicted octanol–water partition coefficient (Wildman–Crippen LogP) is 3.13. The Morgan fingerprint density at radius 3 is 2.72 bits per heavy atom. The molecule has 4 heteroatoms. The minimum Gasteiger partial charge on any atom is -0.493 e. The molecule has 1 aromatic carbocycles. The maximum atomic E-state index is 9.03. The Balaban J connectivity index is 2.82. The second-order valence-corrected chi connectivity index (χ2v) is 5.48. The van der Waals surface area contributed by atoms with Gasteiger partial charge >= 0.3 is 0 Å². The standard InChI is InChI=1S/C14H22BrNO2/c1-4-16-11(3)13-6-5-12(15)7-14(13)18-9-10(2)8-17/h5-7,10-11,16-17H,4,8-9H2,1-3H3. The summed E-state index contributed by atoms with van der Waals surface area (Å²) in [5.41, 5.74) is 1.14. The summed E-state index contributed by atoms with van der Waals surface area (Å²) in [6, 6.07) is 6.32. The van der Waals surface area contributed by atoms with E-state index in [0.29, 0.717) is 6.61 Å². The summed E-state index contributed by atoms with van der Waals surface area (Å²) in [6.07, 6.45) is 0. The average Bonchev–Trinajstić information content (AvgIpc) is 2.36. The molecule has 0 saturated carbocycles. The molecule has 0 spiro atoms. The summed E-state index contributed by atoms with van der Waals surface area (Å²) < 4.78 is 6.81. The number of hydrogen-bond donors (Lipinski definition) is 2. The Morgan fingerprint density at radius 1 is 1.39 bits per heavy atom. The van der Waals surface area contributed by atoms with Gasteiger partial charge in [0.05, 0.1) is 6.61 Å². The molecule has 102 valence electrons. The van der Waals surface area contributed by atoms with Gasteiger partial charge in [-0.05, 0) is 25.6 Å². The molecular formula is C14H22BrNO2. The van der Waals surface area contributed by atoms with E-state index in [1.54, 1.807) is 0 Å². The Hall–Kier alpha value is -0.580. The van der Waals surface area contributed by atoms with E-state index in [-0.39, 0.29) is 18.6 Å². The first-order valence-electron chi connectivity index (χ1n) is 6.35. The van der Waals surface area contributed by atoms with Crippen molar-refractivity contribution in [2.24, 2.45) is 5.92 Å². The summed E-state index contributed by atoms with van der Waals surface area (Å²) in [5, 5.41) is 12.4. The minimum absolute atomic E-state index is 0.145. The lowest BCUT2D eigenvalue weighted by molar-refractivity contribution is 0.173. The van der Waals surface area contributed by atoms with E-state index in [2.05, 4.69) is 41.2 Å². The van der Waals surface area contributed by atoms with Crippen molar-refractivity contribution < 1.29 is 9.84 Å². The first-order chi connectivity index (χ1) is 8.58. The van der Waals surface area contributed by atoms with E-state index in [1.807, 2.05) is 19.1 Å². The Morgan fingerprint density at radius 2 is 2.11 bits per heavy atom. The molecule has 2 unspecified atom stereocenters. The van der Waals surface area contributed by atoms with Crippen LogP contribution in [0.25, 0.3) is 0 Å². The third kappa shape index (κ3) is 4.59. The van der Waals surface area contributed by atoms with Gasteiger partial charge in [0.15, 0.2) is 0 Å². The van der Waals surface area contributed by atoms with Crippen molar-refractivity contribution in [1.82, 2.24) is 5.32 Å². The van der Waals surface area contributed by atoms with Crippen molar-refractivity contribution in [3.8, 4) is 5.75 Å². The topological polar surface area (TPSA) is 41.5 Å². The zero-order valence-corrected chi connectivity index (χ0v) is 12.8. The van der Waals surface area contributed by atoms with Crippen LogP contribution in [0.3, 0.4) is 0 Å². The molecule has 0 fully saturated rings. The second-order valence-electron chi connectivity index (χ2n) is 4.56. The van der Waals surface area contributed by atoms with Crippen LogP contribution in [0.1, 0.15) is 32.4 Å². The highest BCUT2D eigenvalue weighted by molar-refractivity contribution is 9.10. The Kier molecular flexibility index (Phi) is 6.68. The highest BCUT2D eigenvalue weighted by Gasteiger charge is 2.12. The molecule has 0 amide bonds. The SMILES string of the molecule is CCNC(C)c1ccc(Br)cc1OCC(C)CO. The lowest BCUT2D eigenvalue weighted by atomic mass is 10.1. The quantitative estimate of drug-likeness (QED) is 0.812. The van der Waals surface area contributed by atoms with Gasteiger partial charge in [0.2, 0.25) is 0 Å². The molecule has 0 aliphatic rings. The number of aliphatic hydroxyl groups excluding tert-OH is 1. The van der Waals surface area contributed by atoms with Crippen LogP contribution >= 0.6 is 15.9 Å². The largest absolute Gasteiger partial charge is 0.493 e. The maximum Gasteiger partial charge on any atom is 0.125 e. The van der Waals surface area contributed by atoms with Gasteiger partial charge < -0.3 is 15.2 Å². The van der Waals surface area contributed by atoms with Crippen molar-refractivity contribution >= 4 is 15.9 Å². The molecule has 1 rings (SSSR count). The summed E-state index contributed by atoms with van der Waals surface area (Å²) in [5.74, 6) is 1.02. The third-order valence-corrected chi connectivity index (χ3v) is 3.28. The van der Waals surface area contributed by atoms with E-state index >= 15 is 0 Å². The fraction of sp³-hybridized carbons (Fsp3) is 0.571. The molecule has 0 heterocycles. The summed E-state index contributed by atoms with van der Waals surface area (Å²) in [4.78, 5) is 0.